The Balaban J connectivity index is 2.34. The number of hydrogen-bond donors (Lipinski definition) is 1. The molecule has 0 amide bonds. The smallest absolute Gasteiger partial charge is 0.339 e. The van der Waals surface area contributed by atoms with Crippen LogP contribution >= 0.6 is 0 Å². The molecular weight excluding hydrogens is 254 g/mol. The summed E-state index contributed by atoms with van der Waals surface area (Å²) in [6.45, 7) is 4.80. The summed E-state index contributed by atoms with van der Waals surface area (Å²) < 4.78 is 5.74. The van der Waals surface area contributed by atoms with Crippen LogP contribution in [0.15, 0.2) is 28.7 Å². The number of rotatable bonds is 6. The summed E-state index contributed by atoms with van der Waals surface area (Å²) in [4.78, 5) is 13.6. The van der Waals surface area contributed by atoms with Gasteiger partial charge in [0, 0.05) is 11.4 Å². The maximum absolute atomic E-state index is 11.5. The van der Waals surface area contributed by atoms with Crippen molar-refractivity contribution in [2.45, 2.75) is 39.3 Å². The van der Waals surface area contributed by atoms with Gasteiger partial charge in [-0.1, -0.05) is 31.5 Å². The van der Waals surface area contributed by atoms with Crippen molar-refractivity contribution in [2.24, 2.45) is 0 Å². The summed E-state index contributed by atoms with van der Waals surface area (Å²) in [6.07, 6.45) is 2.19. The van der Waals surface area contributed by atoms with E-state index in [2.05, 4.69) is 18.7 Å². The molecule has 0 spiro atoms. The first-order chi connectivity index (χ1) is 9.54. The van der Waals surface area contributed by atoms with Crippen LogP contribution in [-0.2, 0) is 6.54 Å². The minimum Gasteiger partial charge on any atom is -0.478 e. The highest BCUT2D eigenvalue weighted by Crippen LogP contribution is 2.27. The normalized spacial score (nSPS) is 13.0. The van der Waals surface area contributed by atoms with Gasteiger partial charge in [0.1, 0.15) is 16.9 Å². The number of furan rings is 1. The SMILES string of the molecule is CCCC(C)N(C)Cc1oc2ccccc2c1C(=O)O. The molecule has 0 aliphatic carbocycles. The van der Waals surface area contributed by atoms with Crippen LogP contribution in [0, 0.1) is 0 Å². The minimum absolute atomic E-state index is 0.288. The van der Waals surface area contributed by atoms with E-state index in [1.165, 1.54) is 0 Å². The van der Waals surface area contributed by atoms with Crippen LogP contribution in [-0.4, -0.2) is 29.1 Å². The average Bonchev–Trinajstić information content (AvgIpc) is 2.76. The quantitative estimate of drug-likeness (QED) is 0.872. The third-order valence-corrected chi connectivity index (χ3v) is 3.73. The summed E-state index contributed by atoms with van der Waals surface area (Å²) in [6, 6.07) is 7.68. The molecule has 108 valence electrons. The highest BCUT2D eigenvalue weighted by molar-refractivity contribution is 6.03. The molecule has 2 rings (SSSR count). The number of nitrogens with zero attached hydrogens (tertiary/aromatic N) is 1. The summed E-state index contributed by atoms with van der Waals surface area (Å²) in [7, 11) is 2.00. The average molecular weight is 275 g/mol. The first kappa shape index (κ1) is 14.6. The second-order valence-electron chi connectivity index (χ2n) is 5.25. The van der Waals surface area contributed by atoms with Gasteiger partial charge in [-0.2, -0.15) is 0 Å². The van der Waals surface area contributed by atoms with E-state index >= 15 is 0 Å². The molecule has 20 heavy (non-hydrogen) atoms. The lowest BCUT2D eigenvalue weighted by Gasteiger charge is -2.23. The Morgan fingerprint density at radius 3 is 2.75 bits per heavy atom. The van der Waals surface area contributed by atoms with Crippen molar-refractivity contribution in [3.05, 3.63) is 35.6 Å². The van der Waals surface area contributed by atoms with E-state index in [1.54, 1.807) is 12.1 Å². The third-order valence-electron chi connectivity index (χ3n) is 3.73. The standard InChI is InChI=1S/C16H21NO3/c1-4-7-11(2)17(3)10-14-15(16(18)19)12-8-5-6-9-13(12)20-14/h5-6,8-9,11H,4,7,10H2,1-3H3,(H,18,19). The van der Waals surface area contributed by atoms with Gasteiger partial charge >= 0.3 is 5.97 Å². The molecule has 1 N–H and O–H groups in total. The summed E-state index contributed by atoms with van der Waals surface area (Å²) in [5.41, 5.74) is 0.924. The molecule has 0 bridgehead atoms. The van der Waals surface area contributed by atoms with Crippen molar-refractivity contribution < 1.29 is 14.3 Å². The molecular formula is C16H21NO3. The lowest BCUT2D eigenvalue weighted by Crippen LogP contribution is -2.28. The molecule has 0 aliphatic rings. The second-order valence-corrected chi connectivity index (χ2v) is 5.25. The molecule has 1 atom stereocenters. The Kier molecular flexibility index (Phi) is 4.45. The zero-order chi connectivity index (χ0) is 14.7. The molecule has 1 unspecified atom stereocenters. The van der Waals surface area contributed by atoms with Gasteiger partial charge in [0.15, 0.2) is 0 Å². The van der Waals surface area contributed by atoms with Crippen LogP contribution in [0.25, 0.3) is 11.0 Å². The van der Waals surface area contributed by atoms with Crippen molar-refractivity contribution >= 4 is 16.9 Å². The zero-order valence-corrected chi connectivity index (χ0v) is 12.2. The minimum atomic E-state index is -0.929. The Labute approximate surface area is 119 Å². The van der Waals surface area contributed by atoms with E-state index in [4.69, 9.17) is 4.42 Å². The Bertz CT molecular complexity index is 603. The Morgan fingerprint density at radius 1 is 1.40 bits per heavy atom. The molecule has 0 fully saturated rings. The number of benzene rings is 1. The van der Waals surface area contributed by atoms with Gasteiger partial charge in [0.05, 0.1) is 6.54 Å². The van der Waals surface area contributed by atoms with E-state index in [1.807, 2.05) is 19.2 Å². The van der Waals surface area contributed by atoms with E-state index in [-0.39, 0.29) is 5.56 Å². The topological polar surface area (TPSA) is 53.7 Å². The van der Waals surface area contributed by atoms with E-state index in [0.717, 1.165) is 12.8 Å². The number of carbonyl (C=O) groups is 1. The van der Waals surface area contributed by atoms with Gasteiger partial charge in [-0.05, 0) is 26.5 Å². The maximum atomic E-state index is 11.5. The number of fused-ring (bicyclic) bond motifs is 1. The van der Waals surface area contributed by atoms with Crippen LogP contribution < -0.4 is 0 Å². The fourth-order valence-corrected chi connectivity index (χ4v) is 2.46. The fourth-order valence-electron chi connectivity index (χ4n) is 2.46. The zero-order valence-electron chi connectivity index (χ0n) is 12.2. The van der Waals surface area contributed by atoms with Crippen molar-refractivity contribution in [2.75, 3.05) is 7.05 Å². The van der Waals surface area contributed by atoms with Crippen molar-refractivity contribution in [1.82, 2.24) is 4.90 Å². The monoisotopic (exact) mass is 275 g/mol. The maximum Gasteiger partial charge on any atom is 0.339 e. The summed E-state index contributed by atoms with van der Waals surface area (Å²) in [5, 5.41) is 10.1. The van der Waals surface area contributed by atoms with E-state index < -0.39 is 5.97 Å². The van der Waals surface area contributed by atoms with Crippen molar-refractivity contribution in [1.29, 1.82) is 0 Å². The molecule has 4 nitrogen and oxygen atoms in total. The van der Waals surface area contributed by atoms with E-state index in [9.17, 15) is 9.90 Å². The van der Waals surface area contributed by atoms with E-state index in [0.29, 0.717) is 29.3 Å². The molecule has 1 heterocycles. The van der Waals surface area contributed by atoms with Crippen LogP contribution in [0.1, 0.15) is 42.8 Å². The first-order valence-electron chi connectivity index (χ1n) is 6.98. The van der Waals surface area contributed by atoms with Crippen LogP contribution in [0.3, 0.4) is 0 Å². The largest absolute Gasteiger partial charge is 0.478 e. The number of carboxylic acid groups (broad SMARTS) is 1. The van der Waals surface area contributed by atoms with Crippen molar-refractivity contribution in [3.8, 4) is 0 Å². The van der Waals surface area contributed by atoms with Gasteiger partial charge in [-0.25, -0.2) is 4.79 Å². The molecule has 0 aliphatic heterocycles. The molecule has 1 aromatic heterocycles. The lowest BCUT2D eigenvalue weighted by molar-refractivity contribution is 0.0694. The molecule has 2 aromatic rings. The van der Waals surface area contributed by atoms with Gasteiger partial charge in [-0.3, -0.25) is 4.90 Å². The molecule has 0 saturated heterocycles. The first-order valence-corrected chi connectivity index (χ1v) is 6.98. The number of hydrogen-bond acceptors (Lipinski definition) is 3. The van der Waals surface area contributed by atoms with Crippen LogP contribution in [0.4, 0.5) is 0 Å². The fraction of sp³-hybridized carbons (Fsp3) is 0.438. The highest BCUT2D eigenvalue weighted by atomic mass is 16.4. The number of para-hydroxylation sites is 1. The Morgan fingerprint density at radius 2 is 2.10 bits per heavy atom. The molecule has 1 aromatic carbocycles. The predicted octanol–water partition coefficient (Wildman–Crippen LogP) is 3.75. The molecule has 4 heteroatoms. The van der Waals surface area contributed by atoms with Gasteiger partial charge in [0.25, 0.3) is 0 Å². The predicted molar refractivity (Wildman–Crippen MR) is 79.0 cm³/mol. The van der Waals surface area contributed by atoms with Gasteiger partial charge < -0.3 is 9.52 Å². The van der Waals surface area contributed by atoms with Crippen LogP contribution in [0.5, 0.6) is 0 Å². The third kappa shape index (κ3) is 2.85. The summed E-state index contributed by atoms with van der Waals surface area (Å²) in [5.74, 6) is -0.398. The summed E-state index contributed by atoms with van der Waals surface area (Å²) >= 11 is 0. The highest BCUT2D eigenvalue weighted by Gasteiger charge is 2.22. The van der Waals surface area contributed by atoms with Crippen LogP contribution in [0.2, 0.25) is 0 Å². The van der Waals surface area contributed by atoms with Gasteiger partial charge in [-0.15, -0.1) is 0 Å². The second kappa shape index (κ2) is 6.09. The Hall–Kier alpha value is -1.81. The number of carboxylic acids is 1. The lowest BCUT2D eigenvalue weighted by atomic mass is 10.1. The number of aromatic carboxylic acids is 1. The molecule has 0 radical (unpaired) electrons. The van der Waals surface area contributed by atoms with Crippen molar-refractivity contribution in [3.63, 3.8) is 0 Å². The molecule has 0 saturated carbocycles. The van der Waals surface area contributed by atoms with Gasteiger partial charge in [0.2, 0.25) is 0 Å².